The van der Waals surface area contributed by atoms with Gasteiger partial charge in [-0.25, -0.2) is 6.29 Å². The van der Waals surface area contributed by atoms with Crippen molar-refractivity contribution in [3.8, 4) is 0 Å². The maximum Gasteiger partial charge on any atom is 0.249 e. The zero-order valence-electron chi connectivity index (χ0n) is 11.6. The molecule has 0 saturated carbocycles. The standard InChI is InChI=1S/C14H18N3O2.Y/c1-2-13(15)16-9-8-12(10-18)17-14(19)11-6-4-3-5-7-11;/h3-7,12H,2,8-9H2,1H3,(H2,15,16)(H,17,19);/q-1;/p+1. The number of amidine groups is 1. The number of benzene rings is 1. The normalized spacial score (nSPS) is 12.2. The molecule has 0 bridgehead atoms. The summed E-state index contributed by atoms with van der Waals surface area (Å²) in [6.07, 6.45) is 3.00. The van der Waals surface area contributed by atoms with Gasteiger partial charge in [-0.05, 0) is 18.6 Å². The van der Waals surface area contributed by atoms with Crippen molar-refractivity contribution in [2.75, 3.05) is 6.54 Å². The fourth-order valence-corrected chi connectivity index (χ4v) is 1.49. The SMILES string of the molecule is CCC(N)=[NH+]CCC([C-]=O)NC(=O)c1ccccc1.[Y]. The van der Waals surface area contributed by atoms with Crippen LogP contribution in [0.4, 0.5) is 0 Å². The Morgan fingerprint density at radius 1 is 1.40 bits per heavy atom. The van der Waals surface area contributed by atoms with E-state index in [0.717, 1.165) is 6.42 Å². The second-order valence-electron chi connectivity index (χ2n) is 4.10. The van der Waals surface area contributed by atoms with Gasteiger partial charge in [-0.3, -0.25) is 15.5 Å². The third kappa shape index (κ3) is 6.92. The second-order valence-corrected chi connectivity index (χ2v) is 4.10. The van der Waals surface area contributed by atoms with Gasteiger partial charge < -0.3 is 10.1 Å². The van der Waals surface area contributed by atoms with Crippen LogP contribution < -0.4 is 16.0 Å². The summed E-state index contributed by atoms with van der Waals surface area (Å²) in [4.78, 5) is 25.6. The molecule has 6 heteroatoms. The number of rotatable bonds is 7. The Morgan fingerprint density at radius 2 is 2.05 bits per heavy atom. The van der Waals surface area contributed by atoms with E-state index in [1.165, 1.54) is 0 Å². The van der Waals surface area contributed by atoms with E-state index in [4.69, 9.17) is 5.73 Å². The van der Waals surface area contributed by atoms with Gasteiger partial charge in [0.1, 0.15) is 0 Å². The van der Waals surface area contributed by atoms with Crippen LogP contribution in [-0.2, 0) is 37.5 Å². The minimum Gasteiger partial charge on any atom is -0.540 e. The van der Waals surface area contributed by atoms with Gasteiger partial charge in [-0.15, -0.1) is 0 Å². The number of amides is 1. The average Bonchev–Trinajstić information content (AvgIpc) is 2.46. The van der Waals surface area contributed by atoms with Crippen molar-refractivity contribution in [1.29, 1.82) is 0 Å². The number of nitrogens with two attached hydrogens (primary N) is 1. The predicted molar refractivity (Wildman–Crippen MR) is 73.3 cm³/mol. The largest absolute Gasteiger partial charge is 0.540 e. The minimum atomic E-state index is -0.634. The number of hydrogen-bond acceptors (Lipinski definition) is 2. The monoisotopic (exact) mass is 350 g/mol. The second kappa shape index (κ2) is 10.7. The van der Waals surface area contributed by atoms with Crippen LogP contribution in [0.5, 0.6) is 0 Å². The summed E-state index contributed by atoms with van der Waals surface area (Å²) >= 11 is 0. The van der Waals surface area contributed by atoms with Crippen molar-refractivity contribution in [3.63, 3.8) is 0 Å². The van der Waals surface area contributed by atoms with Crippen LogP contribution in [0, 0.1) is 0 Å². The molecule has 0 spiro atoms. The van der Waals surface area contributed by atoms with Crippen molar-refractivity contribution in [2.45, 2.75) is 25.8 Å². The summed E-state index contributed by atoms with van der Waals surface area (Å²) in [6.45, 7) is 2.46. The molecule has 0 aliphatic heterocycles. The van der Waals surface area contributed by atoms with Gasteiger partial charge in [-0.2, -0.15) is 0 Å². The zero-order chi connectivity index (χ0) is 14.1. The van der Waals surface area contributed by atoms with E-state index < -0.39 is 6.04 Å². The Hall–Kier alpha value is -1.07. The van der Waals surface area contributed by atoms with Crippen molar-refractivity contribution >= 4 is 18.0 Å². The van der Waals surface area contributed by atoms with Gasteiger partial charge in [0.2, 0.25) is 11.7 Å². The molecule has 1 atom stereocenters. The van der Waals surface area contributed by atoms with Gasteiger partial charge in [0.15, 0.2) is 0 Å². The van der Waals surface area contributed by atoms with E-state index in [2.05, 4.69) is 10.3 Å². The zero-order valence-corrected chi connectivity index (χ0v) is 14.4. The van der Waals surface area contributed by atoms with Crippen LogP contribution in [0.2, 0.25) is 0 Å². The topological polar surface area (TPSA) is 86.2 Å². The van der Waals surface area contributed by atoms with Crippen molar-refractivity contribution < 1.29 is 47.3 Å². The van der Waals surface area contributed by atoms with Gasteiger partial charge in [0.05, 0.1) is 6.54 Å². The third-order valence-electron chi connectivity index (χ3n) is 2.65. The Kier molecular flexibility index (Phi) is 10.1. The van der Waals surface area contributed by atoms with E-state index >= 15 is 0 Å². The van der Waals surface area contributed by atoms with Crippen LogP contribution in [0.3, 0.4) is 0 Å². The van der Waals surface area contributed by atoms with Crippen LogP contribution in [0.15, 0.2) is 30.3 Å². The summed E-state index contributed by atoms with van der Waals surface area (Å²) in [6, 6.07) is 8.12. The molecule has 20 heavy (non-hydrogen) atoms. The smallest absolute Gasteiger partial charge is 0.249 e. The molecule has 1 amide bonds. The first kappa shape index (κ1) is 18.9. The van der Waals surface area contributed by atoms with Gasteiger partial charge >= 0.3 is 0 Å². The van der Waals surface area contributed by atoms with Crippen molar-refractivity contribution in [1.82, 2.24) is 5.32 Å². The predicted octanol–water partition coefficient (Wildman–Crippen LogP) is -0.870. The average molecular weight is 350 g/mol. The number of carbonyl (C=O) groups is 1. The minimum absolute atomic E-state index is 0. The van der Waals surface area contributed by atoms with E-state index in [1.54, 1.807) is 24.3 Å². The summed E-state index contributed by atoms with van der Waals surface area (Å²) in [5, 5.41) is 2.62. The van der Waals surface area contributed by atoms with Crippen molar-refractivity contribution in [3.05, 3.63) is 35.9 Å². The molecule has 0 aromatic heterocycles. The summed E-state index contributed by atoms with van der Waals surface area (Å²) in [5.74, 6) is 0.389. The van der Waals surface area contributed by atoms with Crippen LogP contribution in [0.25, 0.3) is 0 Å². The molecule has 1 aromatic rings. The number of nitrogens with one attached hydrogen (secondary N) is 2. The molecule has 105 valence electrons. The quantitative estimate of drug-likeness (QED) is 0.340. The molecule has 0 aliphatic rings. The van der Waals surface area contributed by atoms with Crippen LogP contribution in [0.1, 0.15) is 30.1 Å². The molecule has 0 saturated heterocycles. The molecule has 1 aromatic carbocycles. The molecular formula is C14H19N3O2Y. The van der Waals surface area contributed by atoms with E-state index in [1.807, 2.05) is 19.3 Å². The Bertz CT molecular complexity index is 449. The first-order valence-corrected chi connectivity index (χ1v) is 6.26. The van der Waals surface area contributed by atoms with Crippen LogP contribution >= 0.6 is 0 Å². The third-order valence-corrected chi connectivity index (χ3v) is 2.65. The molecule has 0 fully saturated rings. The molecular weight excluding hydrogens is 331 g/mol. The number of carbonyl (C=O) groups excluding carboxylic acids is 2. The molecule has 1 rings (SSSR count). The van der Waals surface area contributed by atoms with E-state index in [-0.39, 0.29) is 38.6 Å². The molecule has 5 nitrogen and oxygen atoms in total. The maximum absolute atomic E-state index is 11.8. The fraction of sp³-hybridized carbons (Fsp3) is 0.357. The molecule has 0 heterocycles. The van der Waals surface area contributed by atoms with Gasteiger partial charge in [0.25, 0.3) is 0 Å². The summed E-state index contributed by atoms with van der Waals surface area (Å²) < 4.78 is 0. The van der Waals surface area contributed by atoms with E-state index in [0.29, 0.717) is 24.4 Å². The first-order chi connectivity index (χ1) is 9.17. The van der Waals surface area contributed by atoms with Gasteiger partial charge in [0, 0.05) is 44.7 Å². The Balaban J connectivity index is 0.00000361. The maximum atomic E-state index is 11.8. The molecule has 1 unspecified atom stereocenters. The Morgan fingerprint density at radius 3 is 2.60 bits per heavy atom. The summed E-state index contributed by atoms with van der Waals surface area (Å²) in [7, 11) is 0. The summed E-state index contributed by atoms with van der Waals surface area (Å²) in [5.41, 5.74) is 6.14. The first-order valence-electron chi connectivity index (χ1n) is 6.26. The molecule has 4 N–H and O–H groups in total. The molecule has 1 radical (unpaired) electrons. The fourth-order valence-electron chi connectivity index (χ4n) is 1.49. The van der Waals surface area contributed by atoms with E-state index in [9.17, 15) is 9.59 Å². The van der Waals surface area contributed by atoms with Gasteiger partial charge in [-0.1, -0.05) is 31.2 Å². The Labute approximate surface area is 144 Å². The molecule has 0 aliphatic carbocycles. The van der Waals surface area contributed by atoms with Crippen LogP contribution in [-0.4, -0.2) is 30.6 Å². The van der Waals surface area contributed by atoms with Crippen molar-refractivity contribution in [2.24, 2.45) is 5.73 Å². The number of hydrogen-bond donors (Lipinski definition) is 3.